The average Bonchev–Trinajstić information content (AvgIpc) is 2.71. The van der Waals surface area contributed by atoms with Crippen LogP contribution in [0.15, 0.2) is 12.4 Å². The van der Waals surface area contributed by atoms with Crippen LogP contribution in [0.25, 0.3) is 0 Å². The Morgan fingerprint density at radius 1 is 1.33 bits per heavy atom. The first-order chi connectivity index (χ1) is 8.39. The maximum atomic E-state index is 12.3. The maximum absolute atomic E-state index is 12.3. The summed E-state index contributed by atoms with van der Waals surface area (Å²) >= 11 is 0. The molecular weight excluding hydrogens is 243 g/mol. The fraction of sp³-hybridized carbons (Fsp3) is 0.750. The number of nitrogens with one attached hydrogen (secondary N) is 1. The Kier molecular flexibility index (Phi) is 5.65. The van der Waals surface area contributed by atoms with E-state index in [2.05, 4.69) is 24.3 Å². The van der Waals surface area contributed by atoms with E-state index in [-0.39, 0.29) is 0 Å². The number of aromatic nitrogens is 2. The van der Waals surface area contributed by atoms with Crippen molar-refractivity contribution in [3.05, 3.63) is 18.0 Å². The second-order valence-corrected chi connectivity index (χ2v) is 4.78. The molecule has 1 aromatic heterocycles. The SMILES string of the molecule is CC(C)CCCNCCn1cc(C(F)(F)F)cn1. The van der Waals surface area contributed by atoms with E-state index in [1.165, 1.54) is 4.68 Å². The third kappa shape index (κ3) is 5.53. The van der Waals surface area contributed by atoms with Gasteiger partial charge >= 0.3 is 6.18 Å². The van der Waals surface area contributed by atoms with Crippen molar-refractivity contribution in [3.8, 4) is 0 Å². The van der Waals surface area contributed by atoms with E-state index in [0.717, 1.165) is 31.8 Å². The van der Waals surface area contributed by atoms with Crippen LogP contribution in [0.3, 0.4) is 0 Å². The minimum Gasteiger partial charge on any atom is -0.315 e. The monoisotopic (exact) mass is 263 g/mol. The summed E-state index contributed by atoms with van der Waals surface area (Å²) in [7, 11) is 0. The molecule has 0 fully saturated rings. The van der Waals surface area contributed by atoms with Crippen molar-refractivity contribution < 1.29 is 13.2 Å². The first-order valence-electron chi connectivity index (χ1n) is 6.20. The quantitative estimate of drug-likeness (QED) is 0.766. The summed E-state index contributed by atoms with van der Waals surface area (Å²) < 4.78 is 38.2. The molecule has 0 saturated carbocycles. The molecule has 0 atom stereocenters. The van der Waals surface area contributed by atoms with Crippen molar-refractivity contribution in [1.82, 2.24) is 15.1 Å². The molecule has 1 N–H and O–H groups in total. The number of hydrogen-bond donors (Lipinski definition) is 1. The van der Waals surface area contributed by atoms with Crippen molar-refractivity contribution in [2.45, 2.75) is 39.4 Å². The third-order valence-electron chi connectivity index (χ3n) is 2.61. The van der Waals surface area contributed by atoms with Crippen LogP contribution in [0.5, 0.6) is 0 Å². The maximum Gasteiger partial charge on any atom is 0.419 e. The van der Waals surface area contributed by atoms with E-state index < -0.39 is 11.7 Å². The van der Waals surface area contributed by atoms with Crippen molar-refractivity contribution in [1.29, 1.82) is 0 Å². The molecule has 104 valence electrons. The number of hydrogen-bond acceptors (Lipinski definition) is 2. The Morgan fingerprint density at radius 2 is 2.06 bits per heavy atom. The topological polar surface area (TPSA) is 29.9 Å². The zero-order valence-corrected chi connectivity index (χ0v) is 10.8. The zero-order valence-electron chi connectivity index (χ0n) is 10.8. The lowest BCUT2D eigenvalue weighted by molar-refractivity contribution is -0.137. The van der Waals surface area contributed by atoms with E-state index in [4.69, 9.17) is 0 Å². The normalized spacial score (nSPS) is 12.3. The summed E-state index contributed by atoms with van der Waals surface area (Å²) in [4.78, 5) is 0. The van der Waals surface area contributed by atoms with E-state index >= 15 is 0 Å². The molecule has 0 spiro atoms. The van der Waals surface area contributed by atoms with Gasteiger partial charge in [0, 0.05) is 12.7 Å². The lowest BCUT2D eigenvalue weighted by Gasteiger charge is -2.06. The smallest absolute Gasteiger partial charge is 0.315 e. The lowest BCUT2D eigenvalue weighted by atomic mass is 10.1. The second kappa shape index (κ2) is 6.78. The molecule has 0 aromatic carbocycles. The van der Waals surface area contributed by atoms with E-state index in [1.54, 1.807) is 0 Å². The summed E-state index contributed by atoms with van der Waals surface area (Å²) in [5.41, 5.74) is -0.692. The highest BCUT2D eigenvalue weighted by atomic mass is 19.4. The zero-order chi connectivity index (χ0) is 13.6. The molecule has 0 bridgehead atoms. The van der Waals surface area contributed by atoms with E-state index in [0.29, 0.717) is 19.0 Å². The van der Waals surface area contributed by atoms with Crippen LogP contribution in [0.4, 0.5) is 13.2 Å². The van der Waals surface area contributed by atoms with Crippen molar-refractivity contribution in [2.75, 3.05) is 13.1 Å². The van der Waals surface area contributed by atoms with E-state index in [1.807, 2.05) is 0 Å². The molecule has 0 saturated heterocycles. The molecule has 1 rings (SSSR count). The van der Waals surface area contributed by atoms with Gasteiger partial charge in [-0.1, -0.05) is 13.8 Å². The molecule has 0 aliphatic heterocycles. The largest absolute Gasteiger partial charge is 0.419 e. The first-order valence-corrected chi connectivity index (χ1v) is 6.20. The minimum atomic E-state index is -4.30. The van der Waals surface area contributed by atoms with Crippen LogP contribution in [0.1, 0.15) is 32.3 Å². The molecule has 0 unspecified atom stereocenters. The van der Waals surface area contributed by atoms with Crippen molar-refractivity contribution in [2.24, 2.45) is 5.92 Å². The van der Waals surface area contributed by atoms with Gasteiger partial charge in [-0.05, 0) is 25.3 Å². The highest BCUT2D eigenvalue weighted by Gasteiger charge is 2.31. The Balaban J connectivity index is 2.18. The molecule has 3 nitrogen and oxygen atoms in total. The highest BCUT2D eigenvalue weighted by molar-refractivity contribution is 5.08. The summed E-state index contributed by atoms with van der Waals surface area (Å²) in [5, 5.41) is 6.88. The van der Waals surface area contributed by atoms with Crippen LogP contribution < -0.4 is 5.32 Å². The van der Waals surface area contributed by atoms with Crippen molar-refractivity contribution >= 4 is 0 Å². The fourth-order valence-electron chi connectivity index (χ4n) is 1.59. The van der Waals surface area contributed by atoms with Crippen LogP contribution in [-0.2, 0) is 12.7 Å². The van der Waals surface area contributed by atoms with Gasteiger partial charge in [-0.25, -0.2) is 0 Å². The third-order valence-corrected chi connectivity index (χ3v) is 2.61. The average molecular weight is 263 g/mol. The number of halogens is 3. The number of alkyl halides is 3. The second-order valence-electron chi connectivity index (χ2n) is 4.78. The number of nitrogens with zero attached hydrogens (tertiary/aromatic N) is 2. The summed E-state index contributed by atoms with van der Waals surface area (Å²) in [6.45, 7) is 6.32. The van der Waals surface area contributed by atoms with Crippen LogP contribution in [-0.4, -0.2) is 22.9 Å². The molecular formula is C12H20F3N3. The van der Waals surface area contributed by atoms with Gasteiger partial charge < -0.3 is 5.32 Å². The molecule has 1 aromatic rings. The minimum absolute atomic E-state index is 0.456. The predicted molar refractivity (Wildman–Crippen MR) is 64.2 cm³/mol. The standard InChI is InChI=1S/C12H20F3N3/c1-10(2)4-3-5-16-6-7-18-9-11(8-17-18)12(13,14)15/h8-10,16H,3-7H2,1-2H3. The summed E-state index contributed by atoms with van der Waals surface area (Å²) in [6, 6.07) is 0. The van der Waals surface area contributed by atoms with Gasteiger partial charge in [0.05, 0.1) is 18.3 Å². The van der Waals surface area contributed by atoms with Gasteiger partial charge in [0.2, 0.25) is 0 Å². The molecule has 0 radical (unpaired) electrons. The lowest BCUT2D eigenvalue weighted by Crippen LogP contribution is -2.21. The summed E-state index contributed by atoms with van der Waals surface area (Å²) in [6.07, 6.45) is -0.158. The Morgan fingerprint density at radius 3 is 2.61 bits per heavy atom. The van der Waals surface area contributed by atoms with Gasteiger partial charge in [-0.15, -0.1) is 0 Å². The fourth-order valence-corrected chi connectivity index (χ4v) is 1.59. The van der Waals surface area contributed by atoms with Gasteiger partial charge in [0.25, 0.3) is 0 Å². The Labute approximate surface area is 105 Å². The predicted octanol–water partition coefficient (Wildman–Crippen LogP) is 2.93. The molecule has 1 heterocycles. The van der Waals surface area contributed by atoms with Crippen LogP contribution in [0.2, 0.25) is 0 Å². The number of rotatable bonds is 7. The Hall–Kier alpha value is -1.04. The van der Waals surface area contributed by atoms with Crippen molar-refractivity contribution in [3.63, 3.8) is 0 Å². The van der Waals surface area contributed by atoms with Gasteiger partial charge in [0.15, 0.2) is 0 Å². The Bertz CT molecular complexity index is 345. The van der Waals surface area contributed by atoms with Crippen LogP contribution in [0, 0.1) is 5.92 Å². The first kappa shape index (κ1) is 15.0. The summed E-state index contributed by atoms with van der Waals surface area (Å²) in [5.74, 6) is 0.687. The van der Waals surface area contributed by atoms with Crippen LogP contribution >= 0.6 is 0 Å². The molecule has 0 aliphatic rings. The van der Waals surface area contributed by atoms with Gasteiger partial charge in [0.1, 0.15) is 0 Å². The molecule has 6 heteroatoms. The van der Waals surface area contributed by atoms with Gasteiger partial charge in [-0.3, -0.25) is 4.68 Å². The van der Waals surface area contributed by atoms with Gasteiger partial charge in [-0.2, -0.15) is 18.3 Å². The molecule has 0 amide bonds. The molecule has 0 aliphatic carbocycles. The van der Waals surface area contributed by atoms with E-state index in [9.17, 15) is 13.2 Å². The highest BCUT2D eigenvalue weighted by Crippen LogP contribution is 2.28. The molecule has 18 heavy (non-hydrogen) atoms.